The van der Waals surface area contributed by atoms with Crippen LogP contribution in [0.3, 0.4) is 0 Å². The van der Waals surface area contributed by atoms with Crippen molar-refractivity contribution in [2.24, 2.45) is 4.99 Å². The van der Waals surface area contributed by atoms with Crippen molar-refractivity contribution in [1.29, 1.82) is 0 Å². The molecular formula is C10H20N4O2S. The Morgan fingerprint density at radius 1 is 1.41 bits per heavy atom. The van der Waals surface area contributed by atoms with E-state index in [4.69, 9.17) is 17.3 Å². The fourth-order valence-electron chi connectivity index (χ4n) is 0.978. The molecule has 98 valence electrons. The van der Waals surface area contributed by atoms with Crippen LogP contribution < -0.4 is 5.32 Å². The van der Waals surface area contributed by atoms with Crippen molar-refractivity contribution in [3.63, 3.8) is 0 Å². The molecular weight excluding hydrogens is 240 g/mol. The summed E-state index contributed by atoms with van der Waals surface area (Å²) in [6, 6.07) is 0. The number of amides is 1. The number of hydrogen-bond donors (Lipinski definition) is 2. The molecule has 0 aliphatic carbocycles. The summed E-state index contributed by atoms with van der Waals surface area (Å²) in [5.41, 5.74) is 0. The minimum Gasteiger partial charge on any atom is -0.465 e. The first-order valence-electron chi connectivity index (χ1n) is 5.36. The number of hydrogen-bond acceptors (Lipinski definition) is 2. The average molecular weight is 260 g/mol. The van der Waals surface area contributed by atoms with Crippen LogP contribution in [0, 0.1) is 0 Å². The highest BCUT2D eigenvalue weighted by Crippen LogP contribution is 1.92. The van der Waals surface area contributed by atoms with Gasteiger partial charge in [-0.15, -0.1) is 0 Å². The molecule has 7 heteroatoms. The molecule has 0 saturated heterocycles. The molecule has 1 amide bonds. The summed E-state index contributed by atoms with van der Waals surface area (Å²) in [4.78, 5) is 17.6. The van der Waals surface area contributed by atoms with Crippen LogP contribution in [0.1, 0.15) is 12.8 Å². The van der Waals surface area contributed by atoms with Gasteiger partial charge in [-0.2, -0.15) is 0 Å². The van der Waals surface area contributed by atoms with Gasteiger partial charge in [-0.05, 0) is 25.1 Å². The first-order chi connectivity index (χ1) is 7.93. The Morgan fingerprint density at radius 3 is 2.59 bits per heavy atom. The fraction of sp³-hybridized carbons (Fsp3) is 0.700. The molecule has 0 aromatic rings. The van der Waals surface area contributed by atoms with Crippen molar-refractivity contribution in [3.8, 4) is 0 Å². The summed E-state index contributed by atoms with van der Waals surface area (Å²) in [7, 11) is 5.30. The smallest absolute Gasteiger partial charge is 0.407 e. The Balaban J connectivity index is 3.52. The number of nitrogens with one attached hydrogen (secondary N) is 1. The maximum atomic E-state index is 10.5. The van der Waals surface area contributed by atoms with E-state index in [1.807, 2.05) is 14.1 Å². The molecule has 0 spiro atoms. The minimum atomic E-state index is -0.899. The first kappa shape index (κ1) is 15.6. The third-order valence-electron chi connectivity index (χ3n) is 1.93. The average Bonchev–Trinajstić information content (AvgIpc) is 2.25. The topological polar surface area (TPSA) is 68.2 Å². The lowest BCUT2D eigenvalue weighted by molar-refractivity contribution is 0.155. The van der Waals surface area contributed by atoms with E-state index in [9.17, 15) is 4.79 Å². The van der Waals surface area contributed by atoms with Gasteiger partial charge >= 0.3 is 6.09 Å². The number of unbranched alkanes of at least 4 members (excludes halogenated alkanes) is 1. The van der Waals surface area contributed by atoms with Gasteiger partial charge in [-0.3, -0.25) is 0 Å². The predicted octanol–water partition coefficient (Wildman–Crippen LogP) is 0.841. The lowest BCUT2D eigenvalue weighted by Crippen LogP contribution is -2.27. The molecule has 0 radical (unpaired) electrons. The number of rotatable bonds is 6. The molecule has 0 aromatic carbocycles. The van der Waals surface area contributed by atoms with Crippen molar-refractivity contribution >= 4 is 29.8 Å². The molecule has 0 unspecified atom stereocenters. The largest absolute Gasteiger partial charge is 0.465 e. The zero-order chi connectivity index (χ0) is 13.3. The molecule has 0 bridgehead atoms. The second-order valence-electron chi connectivity index (χ2n) is 3.85. The van der Waals surface area contributed by atoms with E-state index in [1.54, 1.807) is 18.3 Å². The molecule has 0 aliphatic rings. The van der Waals surface area contributed by atoms with Crippen LogP contribution in [0.25, 0.3) is 0 Å². The fourth-order valence-corrected chi connectivity index (χ4v) is 1.13. The maximum Gasteiger partial charge on any atom is 0.407 e. The zero-order valence-electron chi connectivity index (χ0n) is 10.5. The Morgan fingerprint density at radius 2 is 2.06 bits per heavy atom. The molecule has 0 heterocycles. The van der Waals surface area contributed by atoms with Gasteiger partial charge in [0.15, 0.2) is 5.11 Å². The van der Waals surface area contributed by atoms with Gasteiger partial charge in [-0.25, -0.2) is 9.79 Å². The van der Waals surface area contributed by atoms with Crippen molar-refractivity contribution in [2.75, 3.05) is 34.2 Å². The van der Waals surface area contributed by atoms with E-state index in [-0.39, 0.29) is 0 Å². The Bertz CT molecular complexity index is 281. The Labute approximate surface area is 107 Å². The van der Waals surface area contributed by atoms with Gasteiger partial charge < -0.3 is 20.2 Å². The summed E-state index contributed by atoms with van der Waals surface area (Å²) < 4.78 is 0. The predicted molar refractivity (Wildman–Crippen MR) is 72.7 cm³/mol. The van der Waals surface area contributed by atoms with Gasteiger partial charge in [0.2, 0.25) is 0 Å². The third-order valence-corrected chi connectivity index (χ3v) is 2.18. The van der Waals surface area contributed by atoms with Gasteiger partial charge in [-0.1, -0.05) is 0 Å². The van der Waals surface area contributed by atoms with Gasteiger partial charge in [0, 0.05) is 34.2 Å². The van der Waals surface area contributed by atoms with Crippen LogP contribution in [0.5, 0.6) is 0 Å². The third kappa shape index (κ3) is 9.55. The van der Waals surface area contributed by atoms with E-state index in [0.29, 0.717) is 18.2 Å². The summed E-state index contributed by atoms with van der Waals surface area (Å²) in [6.45, 7) is 1.24. The number of nitrogens with zero attached hydrogens (tertiary/aromatic N) is 3. The van der Waals surface area contributed by atoms with Crippen molar-refractivity contribution in [1.82, 2.24) is 15.1 Å². The van der Waals surface area contributed by atoms with E-state index in [2.05, 4.69) is 10.3 Å². The quantitative estimate of drug-likeness (QED) is 0.320. The van der Waals surface area contributed by atoms with E-state index >= 15 is 0 Å². The summed E-state index contributed by atoms with van der Waals surface area (Å²) in [6.07, 6.45) is 2.39. The highest BCUT2D eigenvalue weighted by atomic mass is 32.1. The second-order valence-corrected chi connectivity index (χ2v) is 4.24. The van der Waals surface area contributed by atoms with Gasteiger partial charge in [0.1, 0.15) is 0 Å². The molecule has 6 nitrogen and oxygen atoms in total. The standard InChI is InChI=1S/C10H20N4O2S/c1-13(2)8-12-9(17)11-6-4-5-7-14(3)10(15)16/h8H,4-7H2,1-3H3,(H,11,17)(H,15,16). The monoisotopic (exact) mass is 260 g/mol. The minimum absolute atomic E-state index is 0.449. The SMILES string of the molecule is CN(C)C=NC(=S)NCCCCN(C)C(=O)O. The van der Waals surface area contributed by atoms with Crippen LogP contribution >= 0.6 is 12.2 Å². The van der Waals surface area contributed by atoms with Crippen LogP contribution in [0.4, 0.5) is 4.79 Å². The lowest BCUT2D eigenvalue weighted by atomic mass is 10.3. The number of carbonyl (C=O) groups is 1. The van der Waals surface area contributed by atoms with E-state index in [0.717, 1.165) is 12.8 Å². The van der Waals surface area contributed by atoms with Crippen molar-refractivity contribution in [2.45, 2.75) is 12.8 Å². The summed E-state index contributed by atoms with van der Waals surface area (Å²) >= 11 is 4.97. The van der Waals surface area contributed by atoms with E-state index in [1.165, 1.54) is 4.90 Å². The van der Waals surface area contributed by atoms with Crippen molar-refractivity contribution < 1.29 is 9.90 Å². The van der Waals surface area contributed by atoms with Crippen LogP contribution in [0.15, 0.2) is 4.99 Å². The van der Waals surface area contributed by atoms with Crippen molar-refractivity contribution in [3.05, 3.63) is 0 Å². The molecule has 2 N–H and O–H groups in total. The lowest BCUT2D eigenvalue weighted by Gasteiger charge is -2.12. The molecule has 0 saturated carbocycles. The first-order valence-corrected chi connectivity index (χ1v) is 5.77. The van der Waals surface area contributed by atoms with E-state index < -0.39 is 6.09 Å². The molecule has 0 aliphatic heterocycles. The van der Waals surface area contributed by atoms with Gasteiger partial charge in [0.25, 0.3) is 0 Å². The van der Waals surface area contributed by atoms with Crippen LogP contribution in [0.2, 0.25) is 0 Å². The summed E-state index contributed by atoms with van der Waals surface area (Å²) in [5.74, 6) is 0. The van der Waals surface area contributed by atoms with Gasteiger partial charge in [0.05, 0.1) is 6.34 Å². The highest BCUT2D eigenvalue weighted by molar-refractivity contribution is 7.80. The molecule has 0 atom stereocenters. The number of aliphatic imine (C=N–C) groups is 1. The number of carboxylic acid groups (broad SMARTS) is 1. The Hall–Kier alpha value is -1.37. The number of thiocarbonyl (C=S) groups is 1. The maximum absolute atomic E-state index is 10.5. The zero-order valence-corrected chi connectivity index (χ0v) is 11.3. The van der Waals surface area contributed by atoms with Crippen LogP contribution in [-0.4, -0.2) is 66.7 Å². The molecule has 0 fully saturated rings. The highest BCUT2D eigenvalue weighted by Gasteiger charge is 2.03. The molecule has 0 aromatic heterocycles. The summed E-state index contributed by atoms with van der Waals surface area (Å²) in [5, 5.41) is 12.0. The molecule has 17 heavy (non-hydrogen) atoms. The second kappa shape index (κ2) is 8.74. The Kier molecular flexibility index (Phi) is 8.04. The molecule has 0 rings (SSSR count). The normalized spacial score (nSPS) is 10.3. The van der Waals surface area contributed by atoms with Crippen LogP contribution in [-0.2, 0) is 0 Å².